The van der Waals surface area contributed by atoms with Gasteiger partial charge in [-0.3, -0.25) is 0 Å². The molecule has 0 aromatic carbocycles. The van der Waals surface area contributed by atoms with Gasteiger partial charge in [0.25, 0.3) is 0 Å². The Morgan fingerprint density at radius 1 is 1.07 bits per heavy atom. The molecule has 0 aromatic rings. The Hall–Kier alpha value is -0.250. The second kappa shape index (κ2) is 4.51. The number of rotatable bonds is 2. The summed E-state index contributed by atoms with van der Waals surface area (Å²) >= 11 is 0. The maximum atomic E-state index is 12.3. The van der Waals surface area contributed by atoms with Crippen LogP contribution < -0.4 is 0 Å². The summed E-state index contributed by atoms with van der Waals surface area (Å²) in [7, 11) is 3.94. The van der Waals surface area contributed by atoms with Gasteiger partial charge in [-0.15, -0.1) is 0 Å². The maximum Gasteiger partial charge on any atom is 0.391 e. The molecular weight excluding hydrogens is 191 g/mol. The van der Waals surface area contributed by atoms with E-state index in [2.05, 4.69) is 4.90 Å². The van der Waals surface area contributed by atoms with E-state index in [1.807, 2.05) is 14.1 Å². The average molecular weight is 209 g/mol. The Balaban J connectivity index is 2.31. The van der Waals surface area contributed by atoms with E-state index in [0.717, 1.165) is 19.4 Å². The summed E-state index contributed by atoms with van der Waals surface area (Å²) < 4.78 is 37.0. The molecule has 0 radical (unpaired) electrons. The molecule has 1 rings (SSSR count). The van der Waals surface area contributed by atoms with Crippen molar-refractivity contribution in [3.63, 3.8) is 0 Å². The quantitative estimate of drug-likeness (QED) is 0.676. The highest BCUT2D eigenvalue weighted by Crippen LogP contribution is 2.39. The summed E-state index contributed by atoms with van der Waals surface area (Å²) in [6.07, 6.45) is -1.88. The van der Waals surface area contributed by atoms with Crippen molar-refractivity contribution >= 4 is 0 Å². The monoisotopic (exact) mass is 209 g/mol. The number of hydrogen-bond acceptors (Lipinski definition) is 1. The van der Waals surface area contributed by atoms with Crippen LogP contribution in [0.2, 0.25) is 0 Å². The van der Waals surface area contributed by atoms with Gasteiger partial charge in [0, 0.05) is 6.54 Å². The summed E-state index contributed by atoms with van der Waals surface area (Å²) in [5.74, 6) is -0.579. The van der Waals surface area contributed by atoms with Crippen LogP contribution in [0.4, 0.5) is 13.2 Å². The smallest absolute Gasteiger partial charge is 0.309 e. The minimum atomic E-state index is -3.97. The third-order valence-corrected chi connectivity index (χ3v) is 2.93. The van der Waals surface area contributed by atoms with E-state index < -0.39 is 12.1 Å². The van der Waals surface area contributed by atoms with Crippen LogP contribution >= 0.6 is 0 Å². The van der Waals surface area contributed by atoms with Gasteiger partial charge in [0.15, 0.2) is 0 Å². The van der Waals surface area contributed by atoms with Crippen LogP contribution in [-0.4, -0.2) is 31.7 Å². The number of nitrogens with zero attached hydrogens (tertiary/aromatic N) is 1. The minimum absolute atomic E-state index is 0.321. The van der Waals surface area contributed by atoms with Crippen molar-refractivity contribution in [1.82, 2.24) is 4.90 Å². The molecule has 0 atom stereocenters. The maximum absolute atomic E-state index is 12.3. The van der Waals surface area contributed by atoms with E-state index in [-0.39, 0.29) is 0 Å². The normalized spacial score (nSPS) is 29.6. The first-order valence-electron chi connectivity index (χ1n) is 5.11. The molecule has 1 aliphatic carbocycles. The summed E-state index contributed by atoms with van der Waals surface area (Å²) in [5.41, 5.74) is 0. The first kappa shape index (κ1) is 11.8. The molecule has 4 heteroatoms. The van der Waals surface area contributed by atoms with Crippen molar-refractivity contribution in [2.24, 2.45) is 11.8 Å². The number of hydrogen-bond donors (Lipinski definition) is 0. The Morgan fingerprint density at radius 3 is 1.93 bits per heavy atom. The highest BCUT2D eigenvalue weighted by atomic mass is 19.4. The Bertz CT molecular complexity index is 169. The predicted octanol–water partition coefficient (Wildman–Crippen LogP) is 2.92. The van der Waals surface area contributed by atoms with E-state index in [4.69, 9.17) is 0 Å². The first-order chi connectivity index (χ1) is 6.39. The zero-order valence-corrected chi connectivity index (χ0v) is 8.77. The lowest BCUT2D eigenvalue weighted by Crippen LogP contribution is -2.31. The molecule has 0 saturated heterocycles. The SMILES string of the molecule is CN(C)CC1CCC(C(F)(F)F)CC1. The van der Waals surface area contributed by atoms with E-state index >= 15 is 0 Å². The second-order valence-electron chi connectivity index (χ2n) is 4.52. The van der Waals surface area contributed by atoms with E-state index in [1.54, 1.807) is 0 Å². The van der Waals surface area contributed by atoms with Crippen molar-refractivity contribution in [3.05, 3.63) is 0 Å². The third-order valence-electron chi connectivity index (χ3n) is 2.93. The average Bonchev–Trinajstić information content (AvgIpc) is 2.02. The molecule has 0 spiro atoms. The molecule has 0 amide bonds. The number of halogens is 3. The molecule has 1 nitrogen and oxygen atoms in total. The van der Waals surface area contributed by atoms with Crippen LogP contribution in [0.5, 0.6) is 0 Å². The summed E-state index contributed by atoms with van der Waals surface area (Å²) in [5, 5.41) is 0. The molecule has 1 fully saturated rings. The van der Waals surface area contributed by atoms with Crippen LogP contribution in [-0.2, 0) is 0 Å². The summed E-state index contributed by atoms with van der Waals surface area (Å²) in [6, 6.07) is 0. The number of alkyl halides is 3. The van der Waals surface area contributed by atoms with E-state index in [9.17, 15) is 13.2 Å². The van der Waals surface area contributed by atoms with Gasteiger partial charge >= 0.3 is 6.18 Å². The highest BCUT2D eigenvalue weighted by Gasteiger charge is 2.41. The standard InChI is InChI=1S/C10H18F3N/c1-14(2)7-8-3-5-9(6-4-8)10(11,12)13/h8-9H,3-7H2,1-2H3. The van der Waals surface area contributed by atoms with Crippen LogP contribution in [0.3, 0.4) is 0 Å². The third kappa shape index (κ3) is 3.48. The zero-order valence-electron chi connectivity index (χ0n) is 8.77. The second-order valence-corrected chi connectivity index (χ2v) is 4.52. The lowest BCUT2D eigenvalue weighted by molar-refractivity contribution is -0.184. The van der Waals surface area contributed by atoms with Gasteiger partial charge in [0.1, 0.15) is 0 Å². The molecule has 84 valence electrons. The lowest BCUT2D eigenvalue weighted by atomic mass is 9.81. The fraction of sp³-hybridized carbons (Fsp3) is 1.00. The molecule has 1 saturated carbocycles. The van der Waals surface area contributed by atoms with Crippen molar-refractivity contribution < 1.29 is 13.2 Å². The summed E-state index contributed by atoms with van der Waals surface area (Å²) in [4.78, 5) is 2.05. The van der Waals surface area contributed by atoms with Gasteiger partial charge in [-0.2, -0.15) is 13.2 Å². The molecule has 0 bridgehead atoms. The van der Waals surface area contributed by atoms with Crippen molar-refractivity contribution in [2.75, 3.05) is 20.6 Å². The molecule has 0 N–H and O–H groups in total. The van der Waals surface area contributed by atoms with Gasteiger partial charge in [0.05, 0.1) is 5.92 Å². The minimum Gasteiger partial charge on any atom is -0.309 e. The van der Waals surface area contributed by atoms with Crippen molar-refractivity contribution in [1.29, 1.82) is 0 Å². The van der Waals surface area contributed by atoms with Crippen LogP contribution in [0.1, 0.15) is 25.7 Å². The predicted molar refractivity (Wildman–Crippen MR) is 50.1 cm³/mol. The zero-order chi connectivity index (χ0) is 10.8. The van der Waals surface area contributed by atoms with Gasteiger partial charge in [-0.05, 0) is 45.7 Å². The summed E-state index contributed by atoms with van der Waals surface area (Å²) in [6.45, 7) is 0.921. The van der Waals surface area contributed by atoms with Crippen LogP contribution in [0.15, 0.2) is 0 Å². The van der Waals surface area contributed by atoms with Gasteiger partial charge in [-0.1, -0.05) is 0 Å². The molecule has 14 heavy (non-hydrogen) atoms. The van der Waals surface area contributed by atoms with E-state index in [0.29, 0.717) is 18.8 Å². The Kier molecular flexibility index (Phi) is 3.81. The van der Waals surface area contributed by atoms with Gasteiger partial charge in [-0.25, -0.2) is 0 Å². The first-order valence-corrected chi connectivity index (χ1v) is 5.11. The van der Waals surface area contributed by atoms with Gasteiger partial charge in [0.2, 0.25) is 0 Å². The van der Waals surface area contributed by atoms with Crippen molar-refractivity contribution in [3.8, 4) is 0 Å². The molecular formula is C10H18F3N. The molecule has 0 aliphatic heterocycles. The molecule has 1 aliphatic rings. The fourth-order valence-electron chi connectivity index (χ4n) is 2.19. The van der Waals surface area contributed by atoms with Crippen LogP contribution in [0, 0.1) is 11.8 Å². The van der Waals surface area contributed by atoms with Crippen molar-refractivity contribution in [2.45, 2.75) is 31.9 Å². The Morgan fingerprint density at radius 2 is 1.57 bits per heavy atom. The Labute approximate surface area is 83.3 Å². The molecule has 0 heterocycles. The molecule has 0 aromatic heterocycles. The topological polar surface area (TPSA) is 3.24 Å². The largest absolute Gasteiger partial charge is 0.391 e. The highest BCUT2D eigenvalue weighted by molar-refractivity contribution is 4.77. The van der Waals surface area contributed by atoms with Gasteiger partial charge < -0.3 is 4.90 Å². The molecule has 0 unspecified atom stereocenters. The van der Waals surface area contributed by atoms with Crippen LogP contribution in [0.25, 0.3) is 0 Å². The fourth-order valence-corrected chi connectivity index (χ4v) is 2.19. The lowest BCUT2D eigenvalue weighted by Gasteiger charge is -2.31. The van der Waals surface area contributed by atoms with E-state index in [1.165, 1.54) is 0 Å².